The van der Waals surface area contributed by atoms with Gasteiger partial charge in [0.1, 0.15) is 0 Å². The van der Waals surface area contributed by atoms with Crippen LogP contribution in [0, 0.1) is 6.92 Å². The second kappa shape index (κ2) is 8.02. The summed E-state index contributed by atoms with van der Waals surface area (Å²) in [5.74, 6) is 0. The average Bonchev–Trinajstić information content (AvgIpc) is 3.08. The Hall–Kier alpha value is -2.86. The molecular weight excluding hydrogens is 350 g/mol. The maximum absolute atomic E-state index is 12.8. The Morgan fingerprint density at radius 2 is 1.82 bits per heavy atom. The smallest absolute Gasteiger partial charge is 0.321 e. The van der Waals surface area contributed by atoms with Crippen LogP contribution in [0.4, 0.5) is 10.5 Å². The van der Waals surface area contributed by atoms with Crippen LogP contribution >= 0.6 is 0 Å². The van der Waals surface area contributed by atoms with Crippen molar-refractivity contribution in [3.63, 3.8) is 0 Å². The van der Waals surface area contributed by atoms with Crippen LogP contribution in [0.2, 0.25) is 0 Å². The summed E-state index contributed by atoms with van der Waals surface area (Å²) in [6.07, 6.45) is 2.13. The van der Waals surface area contributed by atoms with E-state index in [4.69, 9.17) is 0 Å². The first kappa shape index (κ1) is 18.5. The van der Waals surface area contributed by atoms with Crippen molar-refractivity contribution in [3.8, 4) is 0 Å². The maximum Gasteiger partial charge on any atom is 0.321 e. The minimum Gasteiger partial charge on any atom is -0.322 e. The molecule has 1 aliphatic heterocycles. The number of carbonyl (C=O) groups excluding carboxylic acids is 1. The van der Waals surface area contributed by atoms with Crippen LogP contribution in [0.3, 0.4) is 0 Å². The normalized spacial score (nSPS) is 15.1. The highest BCUT2D eigenvalue weighted by atomic mass is 16.2. The largest absolute Gasteiger partial charge is 0.322 e. The van der Waals surface area contributed by atoms with Crippen LogP contribution in [-0.2, 0) is 13.1 Å². The standard InChI is InChI=1S/C22H27N5O/c1-3-27-16-19(17(2)24-27)15-25-11-13-26(14-12-25)22(28)23-21-10-6-8-18-7-4-5-9-20(18)21/h4-10,16H,3,11-15H2,1-2H3,(H,23,28). The molecular formula is C22H27N5O. The van der Waals surface area contributed by atoms with Crippen LogP contribution in [0.5, 0.6) is 0 Å². The Kier molecular flexibility index (Phi) is 5.30. The summed E-state index contributed by atoms with van der Waals surface area (Å²) in [7, 11) is 0. The molecule has 3 aromatic rings. The highest BCUT2D eigenvalue weighted by molar-refractivity contribution is 6.01. The van der Waals surface area contributed by atoms with Crippen LogP contribution in [-0.4, -0.2) is 51.8 Å². The lowest BCUT2D eigenvalue weighted by Crippen LogP contribution is -2.49. The topological polar surface area (TPSA) is 53.4 Å². The number of amides is 2. The number of hydrogen-bond acceptors (Lipinski definition) is 3. The number of anilines is 1. The van der Waals surface area contributed by atoms with Crippen molar-refractivity contribution in [2.24, 2.45) is 0 Å². The summed E-state index contributed by atoms with van der Waals surface area (Å²) in [5, 5.41) is 9.82. The van der Waals surface area contributed by atoms with Crippen molar-refractivity contribution in [3.05, 3.63) is 59.9 Å². The van der Waals surface area contributed by atoms with E-state index in [1.807, 2.05) is 39.9 Å². The van der Waals surface area contributed by atoms with Crippen molar-refractivity contribution < 1.29 is 4.79 Å². The Balaban J connectivity index is 1.35. The zero-order valence-corrected chi connectivity index (χ0v) is 16.6. The van der Waals surface area contributed by atoms with Crippen molar-refractivity contribution in [2.75, 3.05) is 31.5 Å². The van der Waals surface area contributed by atoms with Gasteiger partial charge in [-0.15, -0.1) is 0 Å². The highest BCUT2D eigenvalue weighted by Crippen LogP contribution is 2.23. The number of nitrogens with zero attached hydrogens (tertiary/aromatic N) is 4. The van der Waals surface area contributed by atoms with E-state index in [2.05, 4.69) is 47.5 Å². The molecule has 0 unspecified atom stereocenters. The lowest BCUT2D eigenvalue weighted by Gasteiger charge is -2.34. The van der Waals surface area contributed by atoms with E-state index in [0.717, 1.165) is 61.4 Å². The van der Waals surface area contributed by atoms with Gasteiger partial charge in [0, 0.05) is 56.4 Å². The molecule has 6 nitrogen and oxygen atoms in total. The summed E-state index contributed by atoms with van der Waals surface area (Å²) in [5.41, 5.74) is 3.24. The molecule has 0 radical (unpaired) electrons. The second-order valence-electron chi connectivity index (χ2n) is 7.32. The minimum absolute atomic E-state index is 0.0222. The molecule has 1 N–H and O–H groups in total. The third kappa shape index (κ3) is 3.87. The van der Waals surface area contributed by atoms with Crippen molar-refractivity contribution in [2.45, 2.75) is 26.9 Å². The fourth-order valence-corrected chi connectivity index (χ4v) is 3.75. The summed E-state index contributed by atoms with van der Waals surface area (Å²) in [6, 6.07) is 14.1. The van der Waals surface area contributed by atoms with E-state index < -0.39 is 0 Å². The van der Waals surface area contributed by atoms with Gasteiger partial charge in [0.05, 0.1) is 11.4 Å². The fourth-order valence-electron chi connectivity index (χ4n) is 3.75. The molecule has 0 aliphatic carbocycles. The third-order valence-corrected chi connectivity index (χ3v) is 5.46. The van der Waals surface area contributed by atoms with Crippen LogP contribution in [0.1, 0.15) is 18.2 Å². The third-order valence-electron chi connectivity index (χ3n) is 5.46. The first-order valence-electron chi connectivity index (χ1n) is 9.93. The van der Waals surface area contributed by atoms with Crippen molar-refractivity contribution in [1.29, 1.82) is 0 Å². The number of nitrogens with one attached hydrogen (secondary N) is 1. The number of aromatic nitrogens is 2. The zero-order valence-electron chi connectivity index (χ0n) is 16.6. The summed E-state index contributed by atoms with van der Waals surface area (Å²) < 4.78 is 1.98. The minimum atomic E-state index is -0.0222. The number of benzene rings is 2. The summed E-state index contributed by atoms with van der Waals surface area (Å²) in [4.78, 5) is 17.1. The van der Waals surface area contributed by atoms with E-state index >= 15 is 0 Å². The Morgan fingerprint density at radius 1 is 1.07 bits per heavy atom. The number of hydrogen-bond donors (Lipinski definition) is 1. The Morgan fingerprint density at radius 3 is 2.57 bits per heavy atom. The van der Waals surface area contributed by atoms with Gasteiger partial charge in [0.15, 0.2) is 0 Å². The molecule has 0 saturated carbocycles. The summed E-state index contributed by atoms with van der Waals surface area (Å²) >= 11 is 0. The Labute approximate surface area is 165 Å². The van der Waals surface area contributed by atoms with E-state index in [9.17, 15) is 4.79 Å². The van der Waals surface area contributed by atoms with Crippen LogP contribution in [0.25, 0.3) is 10.8 Å². The lowest BCUT2D eigenvalue weighted by molar-refractivity contribution is 0.143. The predicted octanol–water partition coefficient (Wildman–Crippen LogP) is 3.71. The molecule has 146 valence electrons. The Bertz CT molecular complexity index is 967. The van der Waals surface area contributed by atoms with Gasteiger partial charge in [-0.25, -0.2) is 4.79 Å². The molecule has 2 amide bonds. The van der Waals surface area contributed by atoms with Crippen LogP contribution in [0.15, 0.2) is 48.7 Å². The molecule has 1 saturated heterocycles. The van der Waals surface area contributed by atoms with E-state index in [-0.39, 0.29) is 6.03 Å². The molecule has 1 aromatic heterocycles. The molecule has 2 aromatic carbocycles. The van der Waals surface area contributed by atoms with Gasteiger partial charge in [-0.1, -0.05) is 36.4 Å². The second-order valence-corrected chi connectivity index (χ2v) is 7.32. The van der Waals surface area contributed by atoms with Crippen LogP contribution < -0.4 is 5.32 Å². The first-order chi connectivity index (χ1) is 13.6. The van der Waals surface area contributed by atoms with Gasteiger partial charge in [0.25, 0.3) is 0 Å². The molecule has 0 spiro atoms. The molecule has 1 fully saturated rings. The van der Waals surface area contributed by atoms with Crippen molar-refractivity contribution >= 4 is 22.5 Å². The van der Waals surface area contributed by atoms with Crippen molar-refractivity contribution in [1.82, 2.24) is 19.6 Å². The van der Waals surface area contributed by atoms with Gasteiger partial charge in [-0.3, -0.25) is 9.58 Å². The highest BCUT2D eigenvalue weighted by Gasteiger charge is 2.22. The van der Waals surface area contributed by atoms with Gasteiger partial charge in [0.2, 0.25) is 0 Å². The number of rotatable bonds is 4. The molecule has 6 heteroatoms. The molecule has 4 rings (SSSR count). The van der Waals surface area contributed by atoms with E-state index in [1.165, 1.54) is 5.56 Å². The molecule has 2 heterocycles. The number of aryl methyl sites for hydroxylation is 2. The maximum atomic E-state index is 12.8. The van der Waals surface area contributed by atoms with Gasteiger partial charge >= 0.3 is 6.03 Å². The monoisotopic (exact) mass is 377 g/mol. The van der Waals surface area contributed by atoms with Gasteiger partial charge < -0.3 is 10.2 Å². The van der Waals surface area contributed by atoms with E-state index in [0.29, 0.717) is 0 Å². The van der Waals surface area contributed by atoms with Gasteiger partial charge in [-0.2, -0.15) is 5.10 Å². The molecule has 28 heavy (non-hydrogen) atoms. The number of urea groups is 1. The quantitative estimate of drug-likeness (QED) is 0.754. The predicted molar refractivity (Wildman–Crippen MR) is 112 cm³/mol. The first-order valence-corrected chi connectivity index (χ1v) is 9.93. The number of piperazine rings is 1. The van der Waals surface area contributed by atoms with E-state index in [1.54, 1.807) is 0 Å². The zero-order chi connectivity index (χ0) is 19.5. The van der Waals surface area contributed by atoms with Gasteiger partial charge in [-0.05, 0) is 25.3 Å². The molecule has 1 aliphatic rings. The molecule has 0 bridgehead atoms. The number of carbonyl (C=O) groups is 1. The fraction of sp³-hybridized carbons (Fsp3) is 0.364. The lowest BCUT2D eigenvalue weighted by atomic mass is 10.1. The summed E-state index contributed by atoms with van der Waals surface area (Å²) in [6.45, 7) is 9.17. The molecule has 0 atom stereocenters. The average molecular weight is 377 g/mol. The SMILES string of the molecule is CCn1cc(CN2CCN(C(=O)Nc3cccc4ccccc34)CC2)c(C)n1. The number of fused-ring (bicyclic) bond motifs is 1.